The molecule has 0 amide bonds. The summed E-state index contributed by atoms with van der Waals surface area (Å²) in [7, 11) is 1.25. The minimum absolute atomic E-state index is 0.0426. The number of carbonyl (C=O) groups is 2. The number of benzene rings is 2. The number of azo groups is 1. The van der Waals surface area contributed by atoms with Crippen LogP contribution in [0.5, 0.6) is 0 Å². The van der Waals surface area contributed by atoms with Crippen LogP contribution < -0.4 is 4.90 Å². The summed E-state index contributed by atoms with van der Waals surface area (Å²) in [6, 6.07) is 14.3. The molecule has 13 nitrogen and oxygen atoms in total. The lowest BCUT2D eigenvalue weighted by Crippen LogP contribution is -2.27. The van der Waals surface area contributed by atoms with E-state index < -0.39 is 11.9 Å². The lowest BCUT2D eigenvalue weighted by molar-refractivity contribution is -0.00849. The molecule has 0 aliphatic rings. The van der Waals surface area contributed by atoms with Crippen molar-refractivity contribution in [1.82, 2.24) is 0 Å². The minimum atomic E-state index is -0.619. The highest BCUT2D eigenvalue weighted by Crippen LogP contribution is 2.42. The van der Waals surface area contributed by atoms with Crippen molar-refractivity contribution in [2.75, 3.05) is 84.6 Å². The van der Waals surface area contributed by atoms with E-state index >= 15 is 0 Å². The van der Waals surface area contributed by atoms with E-state index in [1.54, 1.807) is 19.1 Å². The number of aryl methyl sites for hydroxylation is 1. The van der Waals surface area contributed by atoms with Gasteiger partial charge in [-0.25, -0.2) is 14.4 Å². The van der Waals surface area contributed by atoms with Crippen LogP contribution in [0.3, 0.4) is 0 Å². The van der Waals surface area contributed by atoms with Crippen LogP contribution in [-0.2, 0) is 28.4 Å². The maximum Gasteiger partial charge on any atom is 0.339 e. The van der Waals surface area contributed by atoms with E-state index in [1.807, 2.05) is 25.1 Å². The fourth-order valence-corrected chi connectivity index (χ4v) is 5.34. The number of rotatable bonds is 21. The fourth-order valence-electron chi connectivity index (χ4n) is 4.47. The zero-order chi connectivity index (χ0) is 35.4. The van der Waals surface area contributed by atoms with Gasteiger partial charge in [0.15, 0.2) is 0 Å². The summed E-state index contributed by atoms with van der Waals surface area (Å²) in [6.45, 7) is 17.9. The lowest BCUT2D eigenvalue weighted by atomic mass is 10.1. The van der Waals surface area contributed by atoms with Gasteiger partial charge < -0.3 is 33.3 Å². The first-order chi connectivity index (χ1) is 23.8. The Morgan fingerprint density at radius 1 is 0.878 bits per heavy atom. The van der Waals surface area contributed by atoms with Crippen molar-refractivity contribution < 1.29 is 38.0 Å². The molecule has 0 aliphatic carbocycles. The molecule has 2 aromatic carbocycles. The highest BCUT2D eigenvalue weighted by atomic mass is 32.1. The molecule has 0 N–H and O–H groups in total. The standard InChI is InChI=1S/C35H41N5O8S/c1-6-40(27-11-12-30(25(2)23-27)38-39-33-32(37-4)26(3)31(24-36)49-33)13-14-44-15-16-45-17-18-46-19-20-47-21-22-48-35(42)29-10-8-7-9-28(29)34(41)43-5/h7-12,23H,6,13-22H2,1-3,5H3. The van der Waals surface area contributed by atoms with Gasteiger partial charge in [0.1, 0.15) is 17.7 Å². The van der Waals surface area contributed by atoms with Crippen molar-refractivity contribution in [1.29, 1.82) is 5.26 Å². The minimum Gasteiger partial charge on any atom is -0.465 e. The maximum absolute atomic E-state index is 12.3. The third-order valence-electron chi connectivity index (χ3n) is 7.12. The molecule has 14 heteroatoms. The van der Waals surface area contributed by atoms with Crippen molar-refractivity contribution in [3.8, 4) is 6.07 Å². The highest BCUT2D eigenvalue weighted by Gasteiger charge is 2.18. The Bertz CT molecular complexity index is 1650. The van der Waals surface area contributed by atoms with Gasteiger partial charge in [0, 0.05) is 18.8 Å². The van der Waals surface area contributed by atoms with E-state index in [0.717, 1.165) is 17.8 Å². The fraction of sp³-hybridized carbons (Fsp3) is 0.429. The predicted molar refractivity (Wildman–Crippen MR) is 185 cm³/mol. The Morgan fingerprint density at radius 2 is 1.47 bits per heavy atom. The number of hydrogen-bond acceptors (Lipinski definition) is 13. The largest absolute Gasteiger partial charge is 0.465 e. The van der Waals surface area contributed by atoms with Crippen LogP contribution in [0.1, 0.15) is 43.6 Å². The molecule has 3 aromatic rings. The van der Waals surface area contributed by atoms with E-state index in [9.17, 15) is 14.9 Å². The average Bonchev–Trinajstić information content (AvgIpc) is 3.44. The third-order valence-corrected chi connectivity index (χ3v) is 8.19. The summed E-state index contributed by atoms with van der Waals surface area (Å²) in [6.07, 6.45) is 0. The molecule has 0 saturated heterocycles. The van der Waals surface area contributed by atoms with Crippen LogP contribution in [-0.4, -0.2) is 91.6 Å². The first-order valence-electron chi connectivity index (χ1n) is 15.7. The molecule has 0 fully saturated rings. The van der Waals surface area contributed by atoms with Gasteiger partial charge in [-0.3, -0.25) is 0 Å². The number of nitrogens with zero attached hydrogens (tertiary/aromatic N) is 5. The topological polar surface area (TPSA) is 146 Å². The van der Waals surface area contributed by atoms with Crippen LogP contribution in [0.15, 0.2) is 52.7 Å². The third kappa shape index (κ3) is 12.0. The molecule has 1 heterocycles. The quantitative estimate of drug-likeness (QED) is 0.0510. The van der Waals surface area contributed by atoms with Crippen molar-refractivity contribution in [3.05, 3.63) is 81.0 Å². The zero-order valence-electron chi connectivity index (χ0n) is 28.2. The van der Waals surface area contributed by atoms with Gasteiger partial charge in [0.05, 0.1) is 88.2 Å². The zero-order valence-corrected chi connectivity index (χ0v) is 29.0. The highest BCUT2D eigenvalue weighted by molar-refractivity contribution is 7.17. The number of esters is 2. The van der Waals surface area contributed by atoms with E-state index in [4.69, 9.17) is 35.0 Å². The van der Waals surface area contributed by atoms with Crippen LogP contribution in [0, 0.1) is 31.8 Å². The Hall–Kier alpha value is -4.70. The Balaban J connectivity index is 1.22. The first-order valence-corrected chi connectivity index (χ1v) is 16.5. The van der Waals surface area contributed by atoms with Gasteiger partial charge in [-0.15, -0.1) is 11.3 Å². The summed E-state index contributed by atoms with van der Waals surface area (Å²) in [4.78, 5) is 30.3. The Morgan fingerprint density at radius 3 is 2.02 bits per heavy atom. The second-order valence-corrected chi connectivity index (χ2v) is 11.3. The number of thiophene rings is 1. The van der Waals surface area contributed by atoms with E-state index in [0.29, 0.717) is 79.6 Å². The van der Waals surface area contributed by atoms with Gasteiger partial charge in [0.2, 0.25) is 5.69 Å². The predicted octanol–water partition coefficient (Wildman–Crippen LogP) is 6.74. The Labute approximate surface area is 290 Å². The summed E-state index contributed by atoms with van der Waals surface area (Å²) < 4.78 is 32.1. The van der Waals surface area contributed by atoms with Crippen LogP contribution in [0.4, 0.5) is 22.1 Å². The second-order valence-electron chi connectivity index (χ2n) is 10.3. The molecule has 3 rings (SSSR count). The molecular formula is C35H41N5O8S. The summed E-state index contributed by atoms with van der Waals surface area (Å²) in [5, 5.41) is 18.3. The van der Waals surface area contributed by atoms with Crippen LogP contribution >= 0.6 is 11.3 Å². The number of ether oxygens (including phenoxy) is 6. The number of likely N-dealkylation sites (N-methyl/N-ethyl adjacent to an activating group) is 1. The average molecular weight is 692 g/mol. The van der Waals surface area contributed by atoms with Crippen molar-refractivity contribution in [2.45, 2.75) is 20.8 Å². The summed E-state index contributed by atoms with van der Waals surface area (Å²) in [5.41, 5.74) is 4.00. The number of carbonyl (C=O) groups excluding carboxylic acids is 2. The number of anilines is 1. The first kappa shape index (κ1) is 38.7. The molecule has 0 spiro atoms. The van der Waals surface area contributed by atoms with Crippen molar-refractivity contribution in [2.24, 2.45) is 10.2 Å². The molecular weight excluding hydrogens is 650 g/mol. The van der Waals surface area contributed by atoms with E-state index in [-0.39, 0.29) is 24.3 Å². The smallest absolute Gasteiger partial charge is 0.339 e. The molecule has 0 radical (unpaired) electrons. The van der Waals surface area contributed by atoms with Crippen LogP contribution in [0.2, 0.25) is 0 Å². The van der Waals surface area contributed by atoms with E-state index in [2.05, 4.69) is 33.0 Å². The lowest BCUT2D eigenvalue weighted by Gasteiger charge is -2.23. The SMILES string of the molecule is [C-]#[N+]c1c(N=Nc2ccc(N(CC)CCOCCOCCOCCOCCOC(=O)c3ccccc3C(=O)OC)cc2C)sc(C#N)c1C. The number of hydrogen-bond donors (Lipinski definition) is 0. The summed E-state index contributed by atoms with van der Waals surface area (Å²) >= 11 is 1.17. The van der Waals surface area contributed by atoms with E-state index in [1.165, 1.54) is 30.6 Å². The monoisotopic (exact) mass is 691 g/mol. The molecule has 0 saturated carbocycles. The Kier molecular flexibility index (Phi) is 16.8. The number of methoxy groups -OCH3 is 1. The number of nitriles is 1. The molecule has 49 heavy (non-hydrogen) atoms. The second kappa shape index (κ2) is 21.3. The molecule has 0 aliphatic heterocycles. The van der Waals surface area contributed by atoms with Gasteiger partial charge in [-0.05, 0) is 62.2 Å². The van der Waals surface area contributed by atoms with Crippen molar-refractivity contribution >= 4 is 45.3 Å². The van der Waals surface area contributed by atoms with Crippen molar-refractivity contribution in [3.63, 3.8) is 0 Å². The van der Waals surface area contributed by atoms with Gasteiger partial charge >= 0.3 is 11.9 Å². The van der Waals surface area contributed by atoms with Crippen LogP contribution in [0.25, 0.3) is 4.85 Å². The van der Waals surface area contributed by atoms with Gasteiger partial charge in [0.25, 0.3) is 0 Å². The molecule has 260 valence electrons. The van der Waals surface area contributed by atoms with Gasteiger partial charge in [-0.1, -0.05) is 12.1 Å². The molecule has 1 aromatic heterocycles. The molecule has 0 bridgehead atoms. The molecule has 0 atom stereocenters. The summed E-state index contributed by atoms with van der Waals surface area (Å²) in [5.74, 6) is -1.22. The van der Waals surface area contributed by atoms with Gasteiger partial charge in [-0.2, -0.15) is 15.5 Å². The molecule has 0 unspecified atom stereocenters. The normalized spacial score (nSPS) is 10.9. The maximum atomic E-state index is 12.3.